The van der Waals surface area contributed by atoms with Crippen molar-refractivity contribution < 1.29 is 18.0 Å². The summed E-state index contributed by atoms with van der Waals surface area (Å²) in [4.78, 5) is 20.2. The second-order valence-electron chi connectivity index (χ2n) is 8.28. The van der Waals surface area contributed by atoms with Crippen LogP contribution in [0, 0.1) is 31.6 Å². The van der Waals surface area contributed by atoms with Crippen molar-refractivity contribution in [3.05, 3.63) is 22.8 Å². The van der Waals surface area contributed by atoms with E-state index in [4.69, 9.17) is 0 Å². The number of fused-ring (bicyclic) bond motifs is 3. The molecule has 2 heterocycles. The molecule has 2 fully saturated rings. The van der Waals surface area contributed by atoms with Gasteiger partial charge in [0.1, 0.15) is 0 Å². The maximum Gasteiger partial charge on any atom is 0.453 e. The van der Waals surface area contributed by atoms with Crippen molar-refractivity contribution in [3.8, 4) is 0 Å². The highest BCUT2D eigenvalue weighted by molar-refractivity contribution is 5.79. The van der Waals surface area contributed by atoms with Crippen LogP contribution in [0.4, 0.5) is 13.2 Å². The minimum absolute atomic E-state index is 0.0625. The smallest absolute Gasteiger partial charge is 0.353 e. The quantitative estimate of drug-likeness (QED) is 0.863. The van der Waals surface area contributed by atoms with E-state index in [-0.39, 0.29) is 24.1 Å². The third kappa shape index (κ3) is 3.35. The molecule has 2 saturated carbocycles. The van der Waals surface area contributed by atoms with Crippen LogP contribution >= 0.6 is 0 Å². The third-order valence-corrected chi connectivity index (χ3v) is 6.46. The highest BCUT2D eigenvalue weighted by atomic mass is 19.4. The molecule has 0 saturated heterocycles. The van der Waals surface area contributed by atoms with Crippen molar-refractivity contribution in [1.29, 1.82) is 0 Å². The van der Waals surface area contributed by atoms with Crippen LogP contribution < -0.4 is 5.32 Å². The lowest BCUT2D eigenvalue weighted by Crippen LogP contribution is -2.41. The van der Waals surface area contributed by atoms with E-state index in [2.05, 4.69) is 27.3 Å². The molecular weight excluding hydrogens is 371 g/mol. The van der Waals surface area contributed by atoms with Crippen molar-refractivity contribution in [2.24, 2.45) is 17.8 Å². The summed E-state index contributed by atoms with van der Waals surface area (Å²) in [5.74, 6) is 0.558. The molecule has 0 aromatic carbocycles. The summed E-state index contributed by atoms with van der Waals surface area (Å²) < 4.78 is 39.7. The van der Waals surface area contributed by atoms with Gasteiger partial charge in [0.05, 0.1) is 6.42 Å². The van der Waals surface area contributed by atoms with Crippen molar-refractivity contribution >= 4 is 11.7 Å². The summed E-state index contributed by atoms with van der Waals surface area (Å²) in [6.45, 7) is 5.37. The molecule has 2 bridgehead atoms. The standard InChI is InChI=1S/C19H24F3N5O/c1-9-14(11(3)27-18(24-9)25-17(26-27)19(20,21)22)8-16(28)23-10(2)15-7-12-4-5-13(15)6-12/h10,12-13,15H,4-8H2,1-3H3,(H,23,28)/t10-,12+,13+,15-/m1/s1. The van der Waals surface area contributed by atoms with Gasteiger partial charge in [-0.05, 0) is 57.8 Å². The third-order valence-electron chi connectivity index (χ3n) is 6.46. The zero-order valence-electron chi connectivity index (χ0n) is 16.2. The van der Waals surface area contributed by atoms with Crippen LogP contribution in [-0.4, -0.2) is 31.5 Å². The van der Waals surface area contributed by atoms with Crippen LogP contribution in [0.15, 0.2) is 0 Å². The average molecular weight is 395 g/mol. The lowest BCUT2D eigenvalue weighted by molar-refractivity contribution is -0.144. The highest BCUT2D eigenvalue weighted by Crippen LogP contribution is 2.49. The number of hydrogen-bond acceptors (Lipinski definition) is 4. The van der Waals surface area contributed by atoms with Crippen LogP contribution in [-0.2, 0) is 17.4 Å². The molecule has 2 aliphatic rings. The maximum absolute atomic E-state index is 12.9. The second kappa shape index (κ2) is 6.70. The monoisotopic (exact) mass is 395 g/mol. The Morgan fingerprint density at radius 3 is 2.61 bits per heavy atom. The van der Waals surface area contributed by atoms with Gasteiger partial charge in [-0.2, -0.15) is 18.2 Å². The molecule has 6 nitrogen and oxygen atoms in total. The average Bonchev–Trinajstić information content (AvgIpc) is 3.32. The fourth-order valence-corrected chi connectivity index (χ4v) is 5.06. The number of amides is 1. The molecule has 2 aromatic heterocycles. The lowest BCUT2D eigenvalue weighted by Gasteiger charge is -2.28. The van der Waals surface area contributed by atoms with Gasteiger partial charge >= 0.3 is 6.18 Å². The number of alkyl halides is 3. The van der Waals surface area contributed by atoms with Gasteiger partial charge in [0.25, 0.3) is 11.6 Å². The molecule has 1 N–H and O–H groups in total. The van der Waals surface area contributed by atoms with Gasteiger partial charge in [-0.25, -0.2) is 9.50 Å². The first-order chi connectivity index (χ1) is 13.1. The van der Waals surface area contributed by atoms with Gasteiger partial charge in [-0.1, -0.05) is 6.42 Å². The minimum atomic E-state index is -4.64. The molecule has 9 heteroatoms. The fraction of sp³-hybridized carbons (Fsp3) is 0.684. The van der Waals surface area contributed by atoms with Crippen molar-refractivity contribution in [1.82, 2.24) is 24.9 Å². The number of aryl methyl sites for hydroxylation is 2. The molecule has 4 rings (SSSR count). The molecule has 2 aromatic rings. The lowest BCUT2D eigenvalue weighted by atomic mass is 9.84. The van der Waals surface area contributed by atoms with E-state index in [1.807, 2.05) is 0 Å². The number of carbonyl (C=O) groups excluding carboxylic acids is 1. The van der Waals surface area contributed by atoms with Gasteiger partial charge in [0.2, 0.25) is 5.91 Å². The number of aromatic nitrogens is 4. The Balaban J connectivity index is 1.51. The minimum Gasteiger partial charge on any atom is -0.353 e. The SMILES string of the molecule is Cc1nc2nc(C(F)(F)F)nn2c(C)c1CC(=O)N[C@H](C)[C@H]1C[C@H]2CC[C@H]1C2. The number of halogens is 3. The van der Waals surface area contributed by atoms with Crippen molar-refractivity contribution in [3.63, 3.8) is 0 Å². The molecule has 2 aliphatic carbocycles. The fourth-order valence-electron chi connectivity index (χ4n) is 5.06. The Morgan fingerprint density at radius 1 is 1.25 bits per heavy atom. The number of carbonyl (C=O) groups is 1. The Hall–Kier alpha value is -2.19. The molecule has 0 radical (unpaired) electrons. The van der Waals surface area contributed by atoms with Gasteiger partial charge in [0, 0.05) is 23.0 Å². The van der Waals surface area contributed by atoms with Crippen LogP contribution in [0.1, 0.15) is 55.4 Å². The van der Waals surface area contributed by atoms with E-state index >= 15 is 0 Å². The Bertz CT molecular complexity index is 922. The predicted octanol–water partition coefficient (Wildman–Crippen LogP) is 3.24. The number of nitrogens with zero attached hydrogens (tertiary/aromatic N) is 4. The maximum atomic E-state index is 12.9. The normalized spacial score (nSPS) is 25.4. The molecule has 4 atom stereocenters. The molecule has 152 valence electrons. The first-order valence-electron chi connectivity index (χ1n) is 9.73. The predicted molar refractivity (Wildman–Crippen MR) is 95.5 cm³/mol. The highest BCUT2D eigenvalue weighted by Gasteiger charge is 2.42. The van der Waals surface area contributed by atoms with Crippen molar-refractivity contribution in [2.75, 3.05) is 0 Å². The first-order valence-corrected chi connectivity index (χ1v) is 9.73. The molecule has 0 aliphatic heterocycles. The zero-order chi connectivity index (χ0) is 20.2. The summed E-state index contributed by atoms with van der Waals surface area (Å²) in [7, 11) is 0. The molecule has 0 unspecified atom stereocenters. The number of rotatable bonds is 4. The van der Waals surface area contributed by atoms with Crippen LogP contribution in [0.3, 0.4) is 0 Å². The summed E-state index contributed by atoms with van der Waals surface area (Å²) in [5, 5.41) is 6.62. The topological polar surface area (TPSA) is 72.2 Å². The molecular formula is C19H24F3N5O. The summed E-state index contributed by atoms with van der Waals surface area (Å²) in [6.07, 6.45) is 0.439. The number of nitrogens with one attached hydrogen (secondary N) is 1. The van der Waals surface area contributed by atoms with E-state index in [1.54, 1.807) is 13.8 Å². The van der Waals surface area contributed by atoms with E-state index in [9.17, 15) is 18.0 Å². The Morgan fingerprint density at radius 2 is 2.00 bits per heavy atom. The van der Waals surface area contributed by atoms with Gasteiger partial charge < -0.3 is 5.32 Å². The first kappa shape index (κ1) is 19.1. The Labute approximate surface area is 160 Å². The molecule has 0 spiro atoms. The van der Waals surface area contributed by atoms with E-state index in [0.29, 0.717) is 28.8 Å². The summed E-state index contributed by atoms with van der Waals surface area (Å²) in [5.41, 5.74) is 1.53. The van der Waals surface area contributed by atoms with Gasteiger partial charge in [-0.15, -0.1) is 5.10 Å². The van der Waals surface area contributed by atoms with Crippen LogP contribution in [0.5, 0.6) is 0 Å². The Kier molecular flexibility index (Phi) is 4.58. The van der Waals surface area contributed by atoms with E-state index in [0.717, 1.165) is 10.4 Å². The van der Waals surface area contributed by atoms with Crippen molar-refractivity contribution in [2.45, 2.75) is 65.1 Å². The van der Waals surface area contributed by atoms with Gasteiger partial charge in [-0.3, -0.25) is 4.79 Å². The molecule has 28 heavy (non-hydrogen) atoms. The van der Waals surface area contributed by atoms with Crippen LogP contribution in [0.25, 0.3) is 5.78 Å². The van der Waals surface area contributed by atoms with Gasteiger partial charge in [0.15, 0.2) is 0 Å². The van der Waals surface area contributed by atoms with E-state index in [1.165, 1.54) is 25.7 Å². The number of hydrogen-bond donors (Lipinski definition) is 1. The largest absolute Gasteiger partial charge is 0.453 e. The summed E-state index contributed by atoms with van der Waals surface area (Å²) >= 11 is 0. The second-order valence-corrected chi connectivity index (χ2v) is 8.28. The van der Waals surface area contributed by atoms with Crippen LogP contribution in [0.2, 0.25) is 0 Å². The molecule has 1 amide bonds. The zero-order valence-corrected chi connectivity index (χ0v) is 16.2. The summed E-state index contributed by atoms with van der Waals surface area (Å²) in [6, 6.07) is 0.100. The van der Waals surface area contributed by atoms with E-state index < -0.39 is 12.0 Å².